The quantitative estimate of drug-likeness (QED) is 0.740. The molecule has 136 valence electrons. The minimum Gasteiger partial charge on any atom is -0.496 e. The number of amides is 1. The molecule has 2 aromatic rings. The average molecular weight is 378 g/mol. The zero-order valence-electron chi connectivity index (χ0n) is 14.1. The number of nitrogens with zero attached hydrogens (tertiary/aromatic N) is 1. The number of esters is 1. The summed E-state index contributed by atoms with van der Waals surface area (Å²) in [5.74, 6) is -0.639. The van der Waals surface area contributed by atoms with Gasteiger partial charge >= 0.3 is 5.97 Å². The summed E-state index contributed by atoms with van der Waals surface area (Å²) in [6.07, 6.45) is 1.22. The van der Waals surface area contributed by atoms with Crippen LogP contribution >= 0.6 is 11.6 Å². The number of carbonyl (C=O) groups is 2. The molecule has 26 heavy (non-hydrogen) atoms. The highest BCUT2D eigenvalue weighted by Crippen LogP contribution is 2.31. The second kappa shape index (κ2) is 7.74. The van der Waals surface area contributed by atoms with E-state index in [-0.39, 0.29) is 18.1 Å². The number of hydrogen-bond acceptors (Lipinski definition) is 4. The van der Waals surface area contributed by atoms with Crippen LogP contribution < -0.4 is 9.64 Å². The Bertz CT molecular complexity index is 855. The number of methoxy groups -OCH3 is 1. The van der Waals surface area contributed by atoms with Gasteiger partial charge in [-0.2, -0.15) is 0 Å². The summed E-state index contributed by atoms with van der Waals surface area (Å²) < 4.78 is 23.8. The van der Waals surface area contributed by atoms with Crippen LogP contribution in [0.4, 0.5) is 10.1 Å². The van der Waals surface area contributed by atoms with E-state index in [1.807, 2.05) is 0 Å². The SMILES string of the molecule is COc1ccc(F)cc1COC(=O)c1ccc(Cl)c(N2CCCC2=O)c1. The fourth-order valence-corrected chi connectivity index (χ4v) is 3.06. The van der Waals surface area contributed by atoms with Crippen LogP contribution in [-0.2, 0) is 16.1 Å². The molecule has 0 aromatic heterocycles. The first-order valence-electron chi connectivity index (χ1n) is 8.09. The van der Waals surface area contributed by atoms with Crippen molar-refractivity contribution in [2.75, 3.05) is 18.6 Å². The molecule has 1 saturated heterocycles. The van der Waals surface area contributed by atoms with E-state index in [1.54, 1.807) is 11.0 Å². The van der Waals surface area contributed by atoms with Crippen LogP contribution in [0.5, 0.6) is 5.75 Å². The zero-order valence-corrected chi connectivity index (χ0v) is 14.9. The molecule has 1 aliphatic rings. The van der Waals surface area contributed by atoms with Crippen LogP contribution in [-0.4, -0.2) is 25.5 Å². The van der Waals surface area contributed by atoms with Gasteiger partial charge in [-0.3, -0.25) is 4.79 Å². The van der Waals surface area contributed by atoms with Gasteiger partial charge in [0, 0.05) is 18.5 Å². The van der Waals surface area contributed by atoms with E-state index >= 15 is 0 Å². The highest BCUT2D eigenvalue weighted by atomic mass is 35.5. The summed E-state index contributed by atoms with van der Waals surface area (Å²) in [5.41, 5.74) is 1.18. The second-order valence-electron chi connectivity index (χ2n) is 5.85. The van der Waals surface area contributed by atoms with E-state index in [1.165, 1.54) is 37.4 Å². The van der Waals surface area contributed by atoms with Crippen LogP contribution in [0.15, 0.2) is 36.4 Å². The lowest BCUT2D eigenvalue weighted by Crippen LogP contribution is -2.24. The minimum atomic E-state index is -0.596. The van der Waals surface area contributed by atoms with E-state index < -0.39 is 11.8 Å². The van der Waals surface area contributed by atoms with Gasteiger partial charge in [-0.1, -0.05) is 11.6 Å². The van der Waals surface area contributed by atoms with Gasteiger partial charge in [-0.05, 0) is 42.8 Å². The maximum atomic E-state index is 13.4. The Labute approximate surface area is 155 Å². The first kappa shape index (κ1) is 18.2. The molecule has 1 fully saturated rings. The third kappa shape index (κ3) is 3.80. The minimum absolute atomic E-state index is 0.0260. The van der Waals surface area contributed by atoms with Crippen LogP contribution in [0.25, 0.3) is 0 Å². The summed E-state index contributed by atoms with van der Waals surface area (Å²) in [4.78, 5) is 25.8. The molecule has 3 rings (SSSR count). The Balaban J connectivity index is 1.76. The lowest BCUT2D eigenvalue weighted by Gasteiger charge is -2.18. The molecule has 0 radical (unpaired) electrons. The van der Waals surface area contributed by atoms with E-state index in [0.29, 0.717) is 35.0 Å². The summed E-state index contributed by atoms with van der Waals surface area (Å²) in [6, 6.07) is 8.61. The van der Waals surface area contributed by atoms with Crippen molar-refractivity contribution in [2.45, 2.75) is 19.4 Å². The highest BCUT2D eigenvalue weighted by Gasteiger charge is 2.24. The lowest BCUT2D eigenvalue weighted by atomic mass is 10.2. The Kier molecular flexibility index (Phi) is 5.42. The third-order valence-electron chi connectivity index (χ3n) is 4.15. The van der Waals surface area contributed by atoms with Gasteiger partial charge in [-0.15, -0.1) is 0 Å². The number of carbonyl (C=O) groups excluding carboxylic acids is 2. The fourth-order valence-electron chi connectivity index (χ4n) is 2.84. The number of hydrogen-bond donors (Lipinski definition) is 0. The van der Waals surface area contributed by atoms with Crippen LogP contribution in [0, 0.1) is 5.82 Å². The molecular weight excluding hydrogens is 361 g/mol. The molecule has 0 bridgehead atoms. The maximum Gasteiger partial charge on any atom is 0.338 e. The van der Waals surface area contributed by atoms with Crippen LogP contribution in [0.3, 0.4) is 0 Å². The molecule has 2 aromatic carbocycles. The summed E-state index contributed by atoms with van der Waals surface area (Å²) in [6.45, 7) is 0.428. The summed E-state index contributed by atoms with van der Waals surface area (Å²) >= 11 is 6.17. The zero-order chi connectivity index (χ0) is 18.7. The number of anilines is 1. The predicted octanol–water partition coefficient (Wildman–Crippen LogP) is 3.97. The number of benzene rings is 2. The van der Waals surface area contributed by atoms with E-state index in [9.17, 15) is 14.0 Å². The van der Waals surface area contributed by atoms with Crippen molar-refractivity contribution in [3.63, 3.8) is 0 Å². The average Bonchev–Trinajstić information content (AvgIpc) is 3.06. The number of halogens is 2. The maximum absolute atomic E-state index is 13.4. The predicted molar refractivity (Wildman–Crippen MR) is 95.1 cm³/mol. The fraction of sp³-hybridized carbons (Fsp3) is 0.263. The summed E-state index contributed by atoms with van der Waals surface area (Å²) in [7, 11) is 1.46. The Morgan fingerprint density at radius 1 is 1.27 bits per heavy atom. The topological polar surface area (TPSA) is 55.8 Å². The molecular formula is C19H17ClFNO4. The molecule has 7 heteroatoms. The number of ether oxygens (including phenoxy) is 2. The monoisotopic (exact) mass is 377 g/mol. The molecule has 1 aliphatic heterocycles. The molecule has 0 atom stereocenters. The molecule has 0 spiro atoms. The van der Waals surface area contributed by atoms with E-state index in [2.05, 4.69) is 0 Å². The molecule has 0 N–H and O–H groups in total. The molecule has 1 heterocycles. The van der Waals surface area contributed by atoms with Crippen molar-refractivity contribution in [3.05, 3.63) is 58.4 Å². The van der Waals surface area contributed by atoms with Crippen molar-refractivity contribution in [3.8, 4) is 5.75 Å². The Morgan fingerprint density at radius 2 is 2.08 bits per heavy atom. The lowest BCUT2D eigenvalue weighted by molar-refractivity contribution is -0.117. The summed E-state index contributed by atoms with van der Waals surface area (Å²) in [5, 5.41) is 0.392. The highest BCUT2D eigenvalue weighted by molar-refractivity contribution is 6.34. The van der Waals surface area contributed by atoms with Gasteiger partial charge in [0.15, 0.2) is 0 Å². The van der Waals surface area contributed by atoms with Crippen LogP contribution in [0.1, 0.15) is 28.8 Å². The second-order valence-corrected chi connectivity index (χ2v) is 6.25. The van der Waals surface area contributed by atoms with Crippen molar-refractivity contribution in [1.29, 1.82) is 0 Å². The standard InChI is InChI=1S/C19H17ClFNO4/c1-25-17-7-5-14(21)9-13(17)11-26-19(24)12-4-6-15(20)16(10-12)22-8-2-3-18(22)23/h4-7,9-10H,2-3,8,11H2,1H3. The molecule has 0 saturated carbocycles. The Morgan fingerprint density at radius 3 is 2.77 bits per heavy atom. The van der Waals surface area contributed by atoms with E-state index in [0.717, 1.165) is 6.42 Å². The van der Waals surface area contributed by atoms with Gasteiger partial charge < -0.3 is 14.4 Å². The van der Waals surface area contributed by atoms with Gasteiger partial charge in [-0.25, -0.2) is 9.18 Å². The molecule has 0 unspecified atom stereocenters. The first-order valence-corrected chi connectivity index (χ1v) is 8.47. The Hall–Kier alpha value is -2.60. The largest absolute Gasteiger partial charge is 0.496 e. The van der Waals surface area contributed by atoms with Gasteiger partial charge in [0.2, 0.25) is 5.91 Å². The van der Waals surface area contributed by atoms with Gasteiger partial charge in [0.05, 0.1) is 23.4 Å². The van der Waals surface area contributed by atoms with Gasteiger partial charge in [0.25, 0.3) is 0 Å². The normalized spacial score (nSPS) is 13.8. The van der Waals surface area contributed by atoms with Crippen molar-refractivity contribution < 1.29 is 23.5 Å². The molecule has 1 amide bonds. The van der Waals surface area contributed by atoms with E-state index in [4.69, 9.17) is 21.1 Å². The smallest absolute Gasteiger partial charge is 0.338 e. The van der Waals surface area contributed by atoms with Crippen molar-refractivity contribution >= 4 is 29.2 Å². The van der Waals surface area contributed by atoms with Crippen molar-refractivity contribution in [1.82, 2.24) is 0 Å². The molecule has 0 aliphatic carbocycles. The third-order valence-corrected chi connectivity index (χ3v) is 4.47. The van der Waals surface area contributed by atoms with Crippen molar-refractivity contribution in [2.24, 2.45) is 0 Å². The number of rotatable bonds is 5. The first-order chi connectivity index (χ1) is 12.5. The van der Waals surface area contributed by atoms with Crippen LogP contribution in [0.2, 0.25) is 5.02 Å². The molecule has 5 nitrogen and oxygen atoms in total. The van der Waals surface area contributed by atoms with Gasteiger partial charge in [0.1, 0.15) is 18.2 Å².